The van der Waals surface area contributed by atoms with E-state index >= 15 is 0 Å². The highest BCUT2D eigenvalue weighted by Crippen LogP contribution is 2.30. The molecule has 0 unspecified atom stereocenters. The third kappa shape index (κ3) is 5.37. The molecule has 150 valence electrons. The van der Waals surface area contributed by atoms with E-state index in [1.54, 1.807) is 0 Å². The predicted molar refractivity (Wildman–Crippen MR) is 99.2 cm³/mol. The van der Waals surface area contributed by atoms with Gasteiger partial charge in [-0.15, -0.1) is 0 Å². The number of aryl methyl sites for hydroxylation is 1. The van der Waals surface area contributed by atoms with E-state index in [0.29, 0.717) is 12.8 Å². The Kier molecular flexibility index (Phi) is 6.06. The number of nitrogens with one attached hydrogen (secondary N) is 2. The van der Waals surface area contributed by atoms with Crippen molar-refractivity contribution < 1.29 is 22.7 Å². The van der Waals surface area contributed by atoms with Crippen molar-refractivity contribution in [3.05, 3.63) is 53.7 Å². The number of halogens is 3. The minimum atomic E-state index is -4.41. The molecule has 2 aromatic rings. The molecule has 8 heteroatoms. The van der Waals surface area contributed by atoms with Crippen LogP contribution in [0.4, 0.5) is 23.7 Å². The molecule has 1 aliphatic rings. The van der Waals surface area contributed by atoms with Crippen molar-refractivity contribution in [3.63, 3.8) is 0 Å². The molecule has 1 saturated carbocycles. The number of urea groups is 1. The molecular formula is C20H22F3N3O2. The first-order valence-electron chi connectivity index (χ1n) is 9.14. The lowest BCUT2D eigenvalue weighted by Gasteiger charge is -2.29. The summed E-state index contributed by atoms with van der Waals surface area (Å²) >= 11 is 0. The molecule has 1 aromatic carbocycles. The predicted octanol–water partition coefficient (Wildman–Crippen LogP) is 4.92. The molecule has 1 fully saturated rings. The van der Waals surface area contributed by atoms with Crippen molar-refractivity contribution in [2.24, 2.45) is 0 Å². The minimum absolute atomic E-state index is 0.0319. The maximum atomic E-state index is 12.6. The first kappa shape index (κ1) is 20.0. The molecular weight excluding hydrogens is 371 g/mol. The Morgan fingerprint density at radius 3 is 2.43 bits per heavy atom. The van der Waals surface area contributed by atoms with Crippen LogP contribution in [-0.4, -0.2) is 23.2 Å². The minimum Gasteiger partial charge on any atom is -0.474 e. The lowest BCUT2D eigenvalue weighted by Crippen LogP contribution is -2.41. The van der Waals surface area contributed by atoms with Gasteiger partial charge in [0.2, 0.25) is 5.88 Å². The molecule has 3 rings (SSSR count). The zero-order valence-corrected chi connectivity index (χ0v) is 15.4. The van der Waals surface area contributed by atoms with Crippen LogP contribution in [0.2, 0.25) is 0 Å². The van der Waals surface area contributed by atoms with E-state index < -0.39 is 11.7 Å². The van der Waals surface area contributed by atoms with Crippen molar-refractivity contribution in [1.82, 2.24) is 10.3 Å². The second kappa shape index (κ2) is 8.50. The van der Waals surface area contributed by atoms with Gasteiger partial charge in [-0.05, 0) is 50.3 Å². The number of rotatable bonds is 4. The van der Waals surface area contributed by atoms with E-state index in [-0.39, 0.29) is 24.1 Å². The van der Waals surface area contributed by atoms with Crippen LogP contribution in [0.5, 0.6) is 5.88 Å². The van der Waals surface area contributed by atoms with Gasteiger partial charge in [0.05, 0.1) is 5.56 Å². The van der Waals surface area contributed by atoms with Crippen LogP contribution in [0.1, 0.15) is 36.8 Å². The van der Waals surface area contributed by atoms with Gasteiger partial charge in [0, 0.05) is 24.0 Å². The fourth-order valence-electron chi connectivity index (χ4n) is 3.17. The van der Waals surface area contributed by atoms with Gasteiger partial charge in [-0.3, -0.25) is 0 Å². The van der Waals surface area contributed by atoms with Gasteiger partial charge < -0.3 is 15.4 Å². The average Bonchev–Trinajstić information content (AvgIpc) is 2.65. The summed E-state index contributed by atoms with van der Waals surface area (Å²) in [6.07, 6.45) is -0.914. The lowest BCUT2D eigenvalue weighted by atomic mass is 9.93. The molecule has 1 heterocycles. The molecule has 0 radical (unpaired) electrons. The summed E-state index contributed by atoms with van der Waals surface area (Å²) in [4.78, 5) is 15.9. The second-order valence-corrected chi connectivity index (χ2v) is 6.89. The highest BCUT2D eigenvalue weighted by Gasteiger charge is 2.31. The van der Waals surface area contributed by atoms with Gasteiger partial charge in [0.25, 0.3) is 0 Å². The summed E-state index contributed by atoms with van der Waals surface area (Å²) in [5.41, 5.74) is 0.955. The Morgan fingerprint density at radius 2 is 1.82 bits per heavy atom. The van der Waals surface area contributed by atoms with Crippen molar-refractivity contribution in [1.29, 1.82) is 0 Å². The highest BCUT2D eigenvalue weighted by atomic mass is 19.4. The number of aromatic nitrogens is 1. The van der Waals surface area contributed by atoms with E-state index in [0.717, 1.165) is 36.4 Å². The summed E-state index contributed by atoms with van der Waals surface area (Å²) in [6, 6.07) is 9.52. The first-order chi connectivity index (χ1) is 13.3. The van der Waals surface area contributed by atoms with Crippen LogP contribution in [0.15, 0.2) is 42.6 Å². The zero-order chi connectivity index (χ0) is 20.1. The number of amides is 2. The number of alkyl halides is 3. The summed E-state index contributed by atoms with van der Waals surface area (Å²) in [7, 11) is 0. The van der Waals surface area contributed by atoms with Crippen molar-refractivity contribution in [2.75, 3.05) is 5.32 Å². The molecule has 0 aliphatic heterocycles. The second-order valence-electron chi connectivity index (χ2n) is 6.89. The summed E-state index contributed by atoms with van der Waals surface area (Å²) < 4.78 is 43.4. The van der Waals surface area contributed by atoms with Gasteiger partial charge in [0.15, 0.2) is 0 Å². The van der Waals surface area contributed by atoms with E-state index in [2.05, 4.69) is 15.6 Å². The van der Waals surface area contributed by atoms with E-state index in [1.807, 2.05) is 31.2 Å². The van der Waals surface area contributed by atoms with E-state index in [4.69, 9.17) is 4.74 Å². The lowest BCUT2D eigenvalue weighted by molar-refractivity contribution is -0.137. The van der Waals surface area contributed by atoms with Crippen LogP contribution < -0.4 is 15.4 Å². The van der Waals surface area contributed by atoms with Crippen LogP contribution in [0, 0.1) is 6.92 Å². The molecule has 5 nitrogen and oxygen atoms in total. The average molecular weight is 393 g/mol. The third-order valence-corrected chi connectivity index (χ3v) is 4.75. The fraction of sp³-hybridized carbons (Fsp3) is 0.400. The molecule has 0 bridgehead atoms. The number of benzene rings is 1. The van der Waals surface area contributed by atoms with Crippen molar-refractivity contribution >= 4 is 11.7 Å². The van der Waals surface area contributed by atoms with Gasteiger partial charge >= 0.3 is 12.2 Å². The Balaban J connectivity index is 1.44. The van der Waals surface area contributed by atoms with Crippen LogP contribution in [0.3, 0.4) is 0 Å². The molecule has 0 atom stereocenters. The van der Waals surface area contributed by atoms with E-state index in [1.165, 1.54) is 6.07 Å². The number of carbonyl (C=O) groups excluding carboxylic acids is 1. The molecule has 0 spiro atoms. The number of pyridine rings is 1. The zero-order valence-electron chi connectivity index (χ0n) is 15.4. The third-order valence-electron chi connectivity index (χ3n) is 4.75. The fourth-order valence-corrected chi connectivity index (χ4v) is 3.17. The number of para-hydroxylation sites is 1. The monoisotopic (exact) mass is 393 g/mol. The molecule has 28 heavy (non-hydrogen) atoms. The Bertz CT molecular complexity index is 801. The standard InChI is InChI=1S/C20H22F3N3O2/c1-13-4-2-3-5-17(13)26-19(27)25-15-7-9-16(10-8-15)28-18-11-6-14(12-24-18)20(21,22)23/h2-6,11-12,15-16H,7-10H2,1H3,(H2,25,26,27). The quantitative estimate of drug-likeness (QED) is 0.775. The summed E-state index contributed by atoms with van der Waals surface area (Å²) in [5, 5.41) is 5.80. The normalized spacial score (nSPS) is 19.7. The maximum absolute atomic E-state index is 12.6. The van der Waals surface area contributed by atoms with Crippen LogP contribution in [0.25, 0.3) is 0 Å². The number of nitrogens with zero attached hydrogens (tertiary/aromatic N) is 1. The van der Waals surface area contributed by atoms with Gasteiger partial charge in [-0.25, -0.2) is 9.78 Å². The smallest absolute Gasteiger partial charge is 0.417 e. The van der Waals surface area contributed by atoms with E-state index in [9.17, 15) is 18.0 Å². The van der Waals surface area contributed by atoms with Gasteiger partial charge in [0.1, 0.15) is 6.10 Å². The molecule has 2 N–H and O–H groups in total. The number of ether oxygens (including phenoxy) is 1. The number of carbonyl (C=O) groups is 1. The number of hydrogen-bond donors (Lipinski definition) is 2. The van der Waals surface area contributed by atoms with Crippen molar-refractivity contribution in [2.45, 2.75) is 50.9 Å². The maximum Gasteiger partial charge on any atom is 0.417 e. The molecule has 1 aromatic heterocycles. The van der Waals surface area contributed by atoms with Crippen LogP contribution in [-0.2, 0) is 6.18 Å². The Hall–Kier alpha value is -2.77. The largest absolute Gasteiger partial charge is 0.474 e. The van der Waals surface area contributed by atoms with Crippen LogP contribution >= 0.6 is 0 Å². The van der Waals surface area contributed by atoms with Crippen molar-refractivity contribution in [3.8, 4) is 5.88 Å². The molecule has 0 saturated heterocycles. The molecule has 1 aliphatic carbocycles. The Morgan fingerprint density at radius 1 is 1.11 bits per heavy atom. The van der Waals surface area contributed by atoms with Gasteiger partial charge in [-0.1, -0.05) is 18.2 Å². The topological polar surface area (TPSA) is 63.2 Å². The van der Waals surface area contributed by atoms with Gasteiger partial charge in [-0.2, -0.15) is 13.2 Å². The first-order valence-corrected chi connectivity index (χ1v) is 9.14. The molecule has 2 amide bonds. The summed E-state index contributed by atoms with van der Waals surface area (Å²) in [6.45, 7) is 1.92. The Labute approximate surface area is 161 Å². The number of hydrogen-bond acceptors (Lipinski definition) is 3. The SMILES string of the molecule is Cc1ccccc1NC(=O)NC1CCC(Oc2ccc(C(F)(F)F)cn2)CC1. The highest BCUT2D eigenvalue weighted by molar-refractivity contribution is 5.90. The summed E-state index contributed by atoms with van der Waals surface area (Å²) in [5.74, 6) is 0.182. The number of anilines is 1.